The predicted octanol–water partition coefficient (Wildman–Crippen LogP) is 5.65. The molecule has 0 bridgehead atoms. The van der Waals surface area contributed by atoms with Gasteiger partial charge in [-0.1, -0.05) is 20.8 Å². The Labute approximate surface area is 195 Å². The monoisotopic (exact) mass is 500 g/mol. The number of benzene rings is 1. The normalized spacial score (nSPS) is 22.5. The molecule has 1 aromatic heterocycles. The topological polar surface area (TPSA) is 113 Å². The number of hydrogen-bond acceptors (Lipinski definition) is 6. The summed E-state index contributed by atoms with van der Waals surface area (Å²) in [5.41, 5.74) is 0.344. The van der Waals surface area contributed by atoms with Crippen molar-refractivity contribution in [1.82, 2.24) is 4.98 Å². The number of carbonyl (C=O) groups excluding carboxylic acids is 1. The Morgan fingerprint density at radius 1 is 1.33 bits per heavy atom. The van der Waals surface area contributed by atoms with Crippen molar-refractivity contribution in [2.24, 2.45) is 8.76 Å². The molecule has 3 rings (SSSR count). The van der Waals surface area contributed by atoms with Crippen molar-refractivity contribution in [2.45, 2.75) is 69.3 Å². The number of halogens is 2. The largest absolute Gasteiger partial charge is 0.435 e. The van der Waals surface area contributed by atoms with Gasteiger partial charge in [-0.3, -0.25) is 0 Å². The van der Waals surface area contributed by atoms with Crippen molar-refractivity contribution in [3.8, 4) is 5.75 Å². The van der Waals surface area contributed by atoms with Gasteiger partial charge in [0, 0.05) is 11.9 Å². The van der Waals surface area contributed by atoms with Gasteiger partial charge in [0.15, 0.2) is 9.92 Å². The summed E-state index contributed by atoms with van der Waals surface area (Å²) in [6.45, 7) is 5.65. The molecule has 1 aliphatic rings. The number of hydrogen-bond donors (Lipinski definition) is 2. The summed E-state index contributed by atoms with van der Waals surface area (Å²) in [7, 11) is -3.54. The number of anilines is 1. The van der Waals surface area contributed by atoms with Crippen molar-refractivity contribution < 1.29 is 27.6 Å². The number of ether oxygens (including phenoxy) is 1. The maximum atomic E-state index is 13.6. The average molecular weight is 501 g/mol. The van der Waals surface area contributed by atoms with E-state index in [4.69, 9.17) is 0 Å². The fourth-order valence-corrected chi connectivity index (χ4v) is 5.83. The molecular formula is C21H26F2N4O4S2. The molecular weight excluding hydrogens is 474 g/mol. The van der Waals surface area contributed by atoms with Crippen LogP contribution >= 0.6 is 11.3 Å². The Balaban J connectivity index is 2.13. The van der Waals surface area contributed by atoms with E-state index in [1.165, 1.54) is 24.5 Å². The van der Waals surface area contributed by atoms with Gasteiger partial charge in [0.2, 0.25) is 0 Å². The first-order chi connectivity index (χ1) is 15.3. The molecule has 180 valence electrons. The number of urea groups is 1. The second kappa shape index (κ2) is 9.43. The van der Waals surface area contributed by atoms with E-state index in [-0.39, 0.29) is 21.8 Å². The lowest BCUT2D eigenvalue weighted by molar-refractivity contribution is -0.0499. The van der Waals surface area contributed by atoms with E-state index in [1.54, 1.807) is 13.8 Å². The summed E-state index contributed by atoms with van der Waals surface area (Å²) in [5.74, 6) is -0.408. The van der Waals surface area contributed by atoms with E-state index in [1.807, 2.05) is 20.8 Å². The number of aromatic nitrogens is 1. The molecule has 0 saturated carbocycles. The number of aliphatic hydroxyl groups is 1. The van der Waals surface area contributed by atoms with Gasteiger partial charge in [0.1, 0.15) is 20.6 Å². The van der Waals surface area contributed by atoms with Crippen molar-refractivity contribution in [3.63, 3.8) is 0 Å². The summed E-state index contributed by atoms with van der Waals surface area (Å²) in [6, 6.07) is 2.03. The van der Waals surface area contributed by atoms with Crippen molar-refractivity contribution in [1.29, 1.82) is 0 Å². The second-order valence-electron chi connectivity index (χ2n) is 8.50. The Bertz CT molecular complexity index is 1200. The molecule has 33 heavy (non-hydrogen) atoms. The molecule has 0 saturated heterocycles. The maximum Gasteiger partial charge on any atom is 0.387 e. The van der Waals surface area contributed by atoms with E-state index in [2.05, 4.69) is 23.8 Å². The van der Waals surface area contributed by atoms with Crippen molar-refractivity contribution in [2.75, 3.05) is 5.32 Å². The Morgan fingerprint density at radius 3 is 2.61 bits per heavy atom. The smallest absolute Gasteiger partial charge is 0.387 e. The van der Waals surface area contributed by atoms with Crippen LogP contribution in [0.3, 0.4) is 0 Å². The zero-order valence-electron chi connectivity index (χ0n) is 18.8. The van der Waals surface area contributed by atoms with Crippen LogP contribution in [-0.2, 0) is 15.5 Å². The number of alkyl halides is 2. The highest BCUT2D eigenvalue weighted by Crippen LogP contribution is 2.39. The van der Waals surface area contributed by atoms with E-state index in [0.717, 1.165) is 11.3 Å². The van der Waals surface area contributed by atoms with Crippen LogP contribution in [-0.4, -0.2) is 33.2 Å². The molecule has 12 heteroatoms. The quantitative estimate of drug-likeness (QED) is 0.551. The van der Waals surface area contributed by atoms with Crippen LogP contribution in [0.15, 0.2) is 31.3 Å². The van der Waals surface area contributed by atoms with E-state index in [9.17, 15) is 22.9 Å². The number of amides is 2. The van der Waals surface area contributed by atoms with Crippen LogP contribution in [0.4, 0.5) is 19.3 Å². The van der Waals surface area contributed by atoms with Crippen LogP contribution in [0.5, 0.6) is 5.75 Å². The van der Waals surface area contributed by atoms with Gasteiger partial charge >= 0.3 is 12.6 Å². The third-order valence-electron chi connectivity index (χ3n) is 4.94. The van der Waals surface area contributed by atoms with Gasteiger partial charge in [-0.05, 0) is 55.4 Å². The van der Waals surface area contributed by atoms with Gasteiger partial charge < -0.3 is 15.2 Å². The molecule has 2 aromatic rings. The molecule has 0 fully saturated rings. The Kier molecular flexibility index (Phi) is 7.20. The van der Waals surface area contributed by atoms with Gasteiger partial charge in [0.05, 0.1) is 6.20 Å². The standard InChI is InChI=1S/C21H26F2N4O4S2/c1-11(2)14-8-13(31-19(22)23)9-15-12(3)6-7-25-33(30,27-20(28)26-17(14)15)16-10-24-18(32-16)21(4,5)29/h7-12,19,29H,6H2,1-5H3,(H,26,28)/b25-7-. The number of carbonyl (C=O) groups is 1. The van der Waals surface area contributed by atoms with Crippen LogP contribution in [0, 0.1) is 0 Å². The molecule has 1 aliphatic heterocycles. The fourth-order valence-electron chi connectivity index (χ4n) is 3.28. The summed E-state index contributed by atoms with van der Waals surface area (Å²) in [5, 5.41) is 13.2. The van der Waals surface area contributed by atoms with Crippen molar-refractivity contribution >= 4 is 39.2 Å². The molecule has 2 heterocycles. The van der Waals surface area contributed by atoms with Gasteiger partial charge in [-0.25, -0.2) is 14.0 Å². The molecule has 2 atom stereocenters. The van der Waals surface area contributed by atoms with Crippen LogP contribution < -0.4 is 10.1 Å². The molecule has 2 unspecified atom stereocenters. The van der Waals surface area contributed by atoms with E-state index in [0.29, 0.717) is 28.2 Å². The number of nitrogens with zero attached hydrogens (tertiary/aromatic N) is 3. The summed E-state index contributed by atoms with van der Waals surface area (Å²) in [6.07, 6.45) is 3.02. The lowest BCUT2D eigenvalue weighted by Gasteiger charge is -2.23. The minimum atomic E-state index is -3.54. The van der Waals surface area contributed by atoms with Crippen molar-refractivity contribution in [3.05, 3.63) is 34.5 Å². The molecule has 0 spiro atoms. The molecule has 2 N–H and O–H groups in total. The number of rotatable bonds is 5. The van der Waals surface area contributed by atoms with E-state index >= 15 is 0 Å². The summed E-state index contributed by atoms with van der Waals surface area (Å²) < 4.78 is 52.0. The molecule has 1 aromatic carbocycles. The number of thiazole rings is 1. The van der Waals surface area contributed by atoms with Gasteiger partial charge in [-0.15, -0.1) is 15.7 Å². The highest BCUT2D eigenvalue weighted by Gasteiger charge is 2.27. The summed E-state index contributed by atoms with van der Waals surface area (Å²) in [4.78, 5) is 17.0. The lowest BCUT2D eigenvalue weighted by Crippen LogP contribution is -2.16. The number of fused-ring (bicyclic) bond motifs is 1. The Hall–Kier alpha value is -2.44. The highest BCUT2D eigenvalue weighted by atomic mass is 32.2. The fraction of sp³-hybridized carbons (Fsp3) is 0.476. The first-order valence-electron chi connectivity index (χ1n) is 10.2. The average Bonchev–Trinajstić information content (AvgIpc) is 3.19. The van der Waals surface area contributed by atoms with Crippen LogP contribution in [0.1, 0.15) is 69.0 Å². The molecule has 0 radical (unpaired) electrons. The maximum absolute atomic E-state index is 13.6. The van der Waals surface area contributed by atoms with Gasteiger partial charge in [0.25, 0.3) is 0 Å². The first-order valence-corrected chi connectivity index (χ1v) is 12.5. The van der Waals surface area contributed by atoms with Gasteiger partial charge in [-0.2, -0.15) is 13.2 Å². The number of nitrogens with one attached hydrogen (secondary N) is 1. The third-order valence-corrected chi connectivity index (χ3v) is 8.42. The highest BCUT2D eigenvalue weighted by molar-refractivity contribution is 7.94. The van der Waals surface area contributed by atoms with Crippen LogP contribution in [0.2, 0.25) is 0 Å². The minimum Gasteiger partial charge on any atom is -0.435 e. The zero-order chi connectivity index (χ0) is 24.6. The van der Waals surface area contributed by atoms with E-state index < -0.39 is 28.2 Å². The molecule has 0 aliphatic carbocycles. The SMILES string of the molecule is CC(C)c1cc(OC(F)F)cc2c1NC(=O)N=S(=O)(c1cnc(C(C)(C)O)s1)/N=C\CC2C. The molecule has 8 nitrogen and oxygen atoms in total. The lowest BCUT2D eigenvalue weighted by atomic mass is 9.90. The minimum absolute atomic E-state index is 0.00732. The first kappa shape index (κ1) is 25.2. The summed E-state index contributed by atoms with van der Waals surface area (Å²) >= 11 is 0.966. The predicted molar refractivity (Wildman–Crippen MR) is 124 cm³/mol. The zero-order valence-corrected chi connectivity index (χ0v) is 20.5. The molecule has 2 amide bonds. The van der Waals surface area contributed by atoms with Crippen LogP contribution in [0.25, 0.3) is 0 Å². The second-order valence-corrected chi connectivity index (χ2v) is 11.6. The Morgan fingerprint density at radius 2 is 2.03 bits per heavy atom. The third kappa shape index (κ3) is 5.74.